The Bertz CT molecular complexity index is 487. The predicted octanol–water partition coefficient (Wildman–Crippen LogP) is 2.40. The minimum absolute atomic E-state index is 0.221. The highest BCUT2D eigenvalue weighted by molar-refractivity contribution is 6.29. The van der Waals surface area contributed by atoms with Gasteiger partial charge in [-0.3, -0.25) is 9.78 Å². The van der Waals surface area contributed by atoms with E-state index in [4.69, 9.17) is 16.3 Å². The Labute approximate surface area is 124 Å². The van der Waals surface area contributed by atoms with Gasteiger partial charge in [0.15, 0.2) is 5.15 Å². The second-order valence-electron chi connectivity index (χ2n) is 5.80. The van der Waals surface area contributed by atoms with Crippen molar-refractivity contribution in [1.29, 1.82) is 0 Å². The molecule has 1 saturated heterocycles. The molecule has 5 nitrogen and oxygen atoms in total. The topological polar surface area (TPSA) is 55.3 Å². The number of nitrogens with zero attached hydrogens (tertiary/aromatic N) is 3. The summed E-state index contributed by atoms with van der Waals surface area (Å²) in [6, 6.07) is 0. The Balaban J connectivity index is 1.76. The fourth-order valence-electron chi connectivity index (χ4n) is 2.02. The quantitative estimate of drug-likeness (QED) is 0.837. The van der Waals surface area contributed by atoms with Crippen molar-refractivity contribution in [2.75, 3.05) is 19.7 Å². The fraction of sp³-hybridized carbons (Fsp3) is 0.643. The second kappa shape index (κ2) is 5.95. The van der Waals surface area contributed by atoms with Crippen molar-refractivity contribution < 1.29 is 9.53 Å². The average molecular weight is 298 g/mol. The summed E-state index contributed by atoms with van der Waals surface area (Å²) in [6.45, 7) is 8.04. The Morgan fingerprint density at radius 2 is 2.20 bits per heavy atom. The van der Waals surface area contributed by atoms with Crippen LogP contribution in [0.25, 0.3) is 0 Å². The molecule has 0 unspecified atom stereocenters. The van der Waals surface area contributed by atoms with E-state index in [1.807, 2.05) is 25.7 Å². The maximum Gasteiger partial charge on any atom is 0.233 e. The normalized spacial score (nSPS) is 15.9. The van der Waals surface area contributed by atoms with Gasteiger partial charge in [0.05, 0.1) is 19.0 Å². The highest BCUT2D eigenvalue weighted by atomic mass is 35.5. The van der Waals surface area contributed by atoms with Crippen LogP contribution in [-0.2, 0) is 4.79 Å². The molecule has 0 aliphatic carbocycles. The average Bonchev–Trinajstić information content (AvgIpc) is 2.36. The third kappa shape index (κ3) is 3.39. The maximum absolute atomic E-state index is 12.2. The molecule has 2 heterocycles. The van der Waals surface area contributed by atoms with Gasteiger partial charge in [0.25, 0.3) is 0 Å². The van der Waals surface area contributed by atoms with Crippen molar-refractivity contribution in [3.63, 3.8) is 0 Å². The van der Waals surface area contributed by atoms with E-state index in [-0.39, 0.29) is 11.3 Å². The van der Waals surface area contributed by atoms with Gasteiger partial charge >= 0.3 is 0 Å². The van der Waals surface area contributed by atoms with Gasteiger partial charge < -0.3 is 9.64 Å². The number of hydrogen-bond donors (Lipinski definition) is 0. The molecule has 20 heavy (non-hydrogen) atoms. The molecule has 0 aromatic carbocycles. The number of carbonyl (C=O) groups is 1. The van der Waals surface area contributed by atoms with Gasteiger partial charge in [0, 0.05) is 24.4 Å². The van der Waals surface area contributed by atoms with Gasteiger partial charge in [0.2, 0.25) is 11.8 Å². The molecular formula is C14H20ClN3O2. The molecule has 1 aromatic rings. The monoisotopic (exact) mass is 297 g/mol. The fourth-order valence-corrected chi connectivity index (χ4v) is 2.16. The first-order valence-electron chi connectivity index (χ1n) is 6.82. The smallest absolute Gasteiger partial charge is 0.233 e. The molecule has 0 radical (unpaired) electrons. The van der Waals surface area contributed by atoms with E-state index in [2.05, 4.69) is 9.97 Å². The van der Waals surface area contributed by atoms with Crippen molar-refractivity contribution >= 4 is 17.5 Å². The van der Waals surface area contributed by atoms with Crippen LogP contribution in [0.3, 0.4) is 0 Å². The van der Waals surface area contributed by atoms with Crippen molar-refractivity contribution in [2.45, 2.75) is 27.2 Å². The summed E-state index contributed by atoms with van der Waals surface area (Å²) < 4.78 is 5.53. The Kier molecular flexibility index (Phi) is 4.48. The molecule has 1 aliphatic rings. The Hall–Kier alpha value is -1.36. The Morgan fingerprint density at radius 1 is 1.50 bits per heavy atom. The van der Waals surface area contributed by atoms with E-state index in [1.54, 1.807) is 0 Å². The second-order valence-corrected chi connectivity index (χ2v) is 6.19. The lowest BCUT2D eigenvalue weighted by Gasteiger charge is -2.42. The molecule has 110 valence electrons. The van der Waals surface area contributed by atoms with Crippen LogP contribution in [0.1, 0.15) is 27.2 Å². The minimum Gasteiger partial charge on any atom is -0.476 e. The maximum atomic E-state index is 12.2. The van der Waals surface area contributed by atoms with E-state index < -0.39 is 0 Å². The van der Waals surface area contributed by atoms with Crippen LogP contribution in [-0.4, -0.2) is 40.5 Å². The van der Waals surface area contributed by atoms with Crippen molar-refractivity contribution in [3.05, 3.63) is 17.5 Å². The molecule has 1 aromatic heterocycles. The zero-order chi connectivity index (χ0) is 14.8. The van der Waals surface area contributed by atoms with Crippen LogP contribution in [0, 0.1) is 11.3 Å². The molecule has 0 atom stereocenters. The highest BCUT2D eigenvalue weighted by Crippen LogP contribution is 2.28. The summed E-state index contributed by atoms with van der Waals surface area (Å²) in [4.78, 5) is 22.0. The molecule has 0 N–H and O–H groups in total. The van der Waals surface area contributed by atoms with Crippen LogP contribution in [0.4, 0.5) is 0 Å². The summed E-state index contributed by atoms with van der Waals surface area (Å²) in [5.74, 6) is 1.00. The zero-order valence-electron chi connectivity index (χ0n) is 12.1. The van der Waals surface area contributed by atoms with Gasteiger partial charge in [0.1, 0.15) is 0 Å². The minimum atomic E-state index is -0.274. The summed E-state index contributed by atoms with van der Waals surface area (Å²) in [7, 11) is 0. The lowest BCUT2D eigenvalue weighted by molar-refractivity contribution is -0.147. The lowest BCUT2D eigenvalue weighted by Crippen LogP contribution is -2.55. The van der Waals surface area contributed by atoms with Gasteiger partial charge in [-0.1, -0.05) is 32.4 Å². The number of carbonyl (C=O) groups excluding carboxylic acids is 1. The van der Waals surface area contributed by atoms with Crippen molar-refractivity contribution in [1.82, 2.24) is 14.9 Å². The largest absolute Gasteiger partial charge is 0.476 e. The van der Waals surface area contributed by atoms with E-state index in [0.717, 1.165) is 19.5 Å². The van der Waals surface area contributed by atoms with Crippen LogP contribution < -0.4 is 4.74 Å². The number of likely N-dealkylation sites (tertiary alicyclic amines) is 1. The summed E-state index contributed by atoms with van der Waals surface area (Å²) in [5, 5.41) is 0.317. The lowest BCUT2D eigenvalue weighted by atomic mass is 9.86. The molecule has 6 heteroatoms. The van der Waals surface area contributed by atoms with E-state index in [1.165, 1.54) is 12.4 Å². The number of amides is 1. The molecule has 1 aliphatic heterocycles. The van der Waals surface area contributed by atoms with Gasteiger partial charge in [-0.15, -0.1) is 0 Å². The number of halogens is 1. The van der Waals surface area contributed by atoms with E-state index in [0.29, 0.717) is 23.6 Å². The SMILES string of the molecule is CCC(C)(C)C(=O)N1CC(COc2cncc(Cl)n2)C1. The van der Waals surface area contributed by atoms with Crippen LogP contribution >= 0.6 is 11.6 Å². The number of aromatic nitrogens is 2. The molecule has 0 saturated carbocycles. The number of ether oxygens (including phenoxy) is 1. The van der Waals surface area contributed by atoms with Crippen LogP contribution in [0.2, 0.25) is 5.15 Å². The van der Waals surface area contributed by atoms with E-state index in [9.17, 15) is 4.79 Å². The highest BCUT2D eigenvalue weighted by Gasteiger charge is 2.37. The third-order valence-corrected chi connectivity index (χ3v) is 3.94. The van der Waals surface area contributed by atoms with Gasteiger partial charge in [-0.05, 0) is 6.42 Å². The molecule has 1 amide bonds. The standard InChI is InChI=1S/C14H20ClN3O2/c1-4-14(2,3)13(19)18-7-10(8-18)9-20-12-6-16-5-11(15)17-12/h5-6,10H,4,7-9H2,1-3H3. The van der Waals surface area contributed by atoms with Crippen molar-refractivity contribution in [3.8, 4) is 5.88 Å². The molecule has 1 fully saturated rings. The van der Waals surface area contributed by atoms with Crippen LogP contribution in [0.15, 0.2) is 12.4 Å². The van der Waals surface area contributed by atoms with Gasteiger partial charge in [-0.25, -0.2) is 0 Å². The summed E-state index contributed by atoms with van der Waals surface area (Å²) in [5.41, 5.74) is -0.274. The first-order valence-corrected chi connectivity index (χ1v) is 7.20. The molecule has 0 bridgehead atoms. The number of hydrogen-bond acceptors (Lipinski definition) is 4. The predicted molar refractivity (Wildman–Crippen MR) is 76.7 cm³/mol. The summed E-state index contributed by atoms with van der Waals surface area (Å²) >= 11 is 5.73. The first-order chi connectivity index (χ1) is 9.42. The third-order valence-electron chi connectivity index (χ3n) is 3.76. The summed E-state index contributed by atoms with van der Waals surface area (Å²) in [6.07, 6.45) is 3.85. The first kappa shape index (κ1) is 15.0. The zero-order valence-corrected chi connectivity index (χ0v) is 12.9. The molecule has 2 rings (SSSR count). The van der Waals surface area contributed by atoms with Crippen LogP contribution in [0.5, 0.6) is 5.88 Å². The van der Waals surface area contributed by atoms with Crippen molar-refractivity contribution in [2.24, 2.45) is 11.3 Å². The molecular weight excluding hydrogens is 278 g/mol. The number of rotatable bonds is 5. The van der Waals surface area contributed by atoms with Gasteiger partial charge in [-0.2, -0.15) is 4.98 Å². The molecule has 0 spiro atoms. The Morgan fingerprint density at radius 3 is 2.80 bits per heavy atom. The van der Waals surface area contributed by atoms with E-state index >= 15 is 0 Å².